The van der Waals surface area contributed by atoms with Crippen LogP contribution in [0.1, 0.15) is 34.0 Å². The molecule has 0 spiro atoms. The van der Waals surface area contributed by atoms with E-state index in [9.17, 15) is 9.59 Å². The van der Waals surface area contributed by atoms with Gasteiger partial charge in [-0.15, -0.1) is 0 Å². The summed E-state index contributed by atoms with van der Waals surface area (Å²) in [6.07, 6.45) is 4.02. The minimum absolute atomic E-state index is 0.106. The summed E-state index contributed by atoms with van der Waals surface area (Å²) < 4.78 is 5.02. The fraction of sp³-hybridized carbons (Fsp3) is 0.500. The molecule has 5 nitrogen and oxygen atoms in total. The van der Waals surface area contributed by atoms with E-state index in [1.807, 2.05) is 11.8 Å². The van der Waals surface area contributed by atoms with Crippen molar-refractivity contribution in [3.05, 3.63) is 23.7 Å². The van der Waals surface area contributed by atoms with E-state index in [2.05, 4.69) is 6.26 Å². The van der Waals surface area contributed by atoms with Crippen LogP contribution in [0.4, 0.5) is 0 Å². The van der Waals surface area contributed by atoms with Gasteiger partial charge in [0.05, 0.1) is 0 Å². The quantitative estimate of drug-likeness (QED) is 0.908. The zero-order chi connectivity index (χ0) is 13.1. The lowest BCUT2D eigenvalue weighted by atomic mass is 10.1. The lowest BCUT2D eigenvalue weighted by Gasteiger charge is -2.30. The number of piperidine rings is 1. The SMILES string of the molecule is CSC1CCN(C(=O)c2ccc(C(=O)O)o2)CC1. The molecule has 18 heavy (non-hydrogen) atoms. The summed E-state index contributed by atoms with van der Waals surface area (Å²) in [6, 6.07) is 2.73. The number of hydrogen-bond acceptors (Lipinski definition) is 4. The van der Waals surface area contributed by atoms with E-state index < -0.39 is 5.97 Å². The minimum atomic E-state index is -1.16. The molecule has 0 unspecified atom stereocenters. The van der Waals surface area contributed by atoms with E-state index in [4.69, 9.17) is 9.52 Å². The van der Waals surface area contributed by atoms with Crippen LogP contribution in [0.25, 0.3) is 0 Å². The number of aromatic carboxylic acids is 1. The van der Waals surface area contributed by atoms with Crippen molar-refractivity contribution in [3.8, 4) is 0 Å². The highest BCUT2D eigenvalue weighted by Gasteiger charge is 2.25. The molecular formula is C12H15NO4S. The standard InChI is InChI=1S/C12H15NO4S/c1-18-8-4-6-13(7-5-8)11(14)9-2-3-10(17-9)12(15)16/h2-3,8H,4-7H2,1H3,(H,15,16). The van der Waals surface area contributed by atoms with E-state index in [1.165, 1.54) is 12.1 Å². The zero-order valence-electron chi connectivity index (χ0n) is 10.1. The minimum Gasteiger partial charge on any atom is -0.475 e. The Labute approximate surface area is 109 Å². The predicted molar refractivity (Wildman–Crippen MR) is 68.1 cm³/mol. The van der Waals surface area contributed by atoms with Crippen LogP contribution in [0, 0.1) is 0 Å². The highest BCUT2D eigenvalue weighted by atomic mass is 32.2. The van der Waals surface area contributed by atoms with Crippen molar-refractivity contribution < 1.29 is 19.1 Å². The van der Waals surface area contributed by atoms with Crippen molar-refractivity contribution in [2.24, 2.45) is 0 Å². The number of carboxylic acid groups (broad SMARTS) is 1. The van der Waals surface area contributed by atoms with Crippen LogP contribution in [0.15, 0.2) is 16.5 Å². The number of likely N-dealkylation sites (tertiary alicyclic amines) is 1. The molecule has 1 saturated heterocycles. The van der Waals surface area contributed by atoms with Gasteiger partial charge in [-0.2, -0.15) is 11.8 Å². The molecular weight excluding hydrogens is 254 g/mol. The fourth-order valence-electron chi connectivity index (χ4n) is 2.02. The normalized spacial score (nSPS) is 16.8. The van der Waals surface area contributed by atoms with Crippen molar-refractivity contribution in [3.63, 3.8) is 0 Å². The van der Waals surface area contributed by atoms with Crippen molar-refractivity contribution in [2.75, 3.05) is 19.3 Å². The molecule has 2 rings (SSSR count). The highest BCUT2D eigenvalue weighted by Crippen LogP contribution is 2.22. The third-order valence-electron chi connectivity index (χ3n) is 3.09. The monoisotopic (exact) mass is 269 g/mol. The van der Waals surface area contributed by atoms with E-state index in [0.29, 0.717) is 18.3 Å². The van der Waals surface area contributed by atoms with E-state index in [-0.39, 0.29) is 17.4 Å². The number of carbonyl (C=O) groups excluding carboxylic acids is 1. The van der Waals surface area contributed by atoms with Crippen molar-refractivity contribution in [1.29, 1.82) is 0 Å². The summed E-state index contributed by atoms with van der Waals surface area (Å²) in [6.45, 7) is 1.40. The van der Waals surface area contributed by atoms with Gasteiger partial charge in [0.2, 0.25) is 5.76 Å². The molecule has 1 aliphatic rings. The lowest BCUT2D eigenvalue weighted by molar-refractivity contribution is 0.0643. The second-order valence-electron chi connectivity index (χ2n) is 4.20. The topological polar surface area (TPSA) is 70.8 Å². The molecule has 6 heteroatoms. The molecule has 0 aromatic carbocycles. The van der Waals surface area contributed by atoms with Crippen LogP contribution in [0.2, 0.25) is 0 Å². The Hall–Kier alpha value is -1.43. The number of rotatable bonds is 3. The maximum Gasteiger partial charge on any atom is 0.371 e. The van der Waals surface area contributed by atoms with Crippen molar-refractivity contribution in [1.82, 2.24) is 4.90 Å². The first kappa shape index (κ1) is 13.0. The number of hydrogen-bond donors (Lipinski definition) is 1. The van der Waals surface area contributed by atoms with E-state index in [0.717, 1.165) is 12.8 Å². The molecule has 0 radical (unpaired) electrons. The molecule has 1 aromatic heterocycles. The Morgan fingerprint density at radius 3 is 2.44 bits per heavy atom. The average molecular weight is 269 g/mol. The number of carboxylic acids is 1. The smallest absolute Gasteiger partial charge is 0.371 e. The summed E-state index contributed by atoms with van der Waals surface area (Å²) >= 11 is 1.82. The molecule has 2 heterocycles. The third-order valence-corrected chi connectivity index (χ3v) is 4.23. The summed E-state index contributed by atoms with van der Waals surface area (Å²) in [5.74, 6) is -1.47. The number of nitrogens with zero attached hydrogens (tertiary/aromatic N) is 1. The molecule has 0 atom stereocenters. The van der Waals surface area contributed by atoms with Crippen LogP contribution in [-0.4, -0.2) is 46.5 Å². The van der Waals surface area contributed by atoms with Gasteiger partial charge in [0.25, 0.3) is 5.91 Å². The third kappa shape index (κ3) is 2.69. The van der Waals surface area contributed by atoms with Crippen LogP contribution in [-0.2, 0) is 0 Å². The van der Waals surface area contributed by atoms with Gasteiger partial charge >= 0.3 is 5.97 Å². The summed E-state index contributed by atoms with van der Waals surface area (Å²) in [5.41, 5.74) is 0. The van der Waals surface area contributed by atoms with E-state index >= 15 is 0 Å². The molecule has 1 N–H and O–H groups in total. The summed E-state index contributed by atoms with van der Waals surface area (Å²) in [7, 11) is 0. The second kappa shape index (κ2) is 5.48. The van der Waals surface area contributed by atoms with Crippen molar-refractivity contribution >= 4 is 23.6 Å². The van der Waals surface area contributed by atoms with Crippen LogP contribution in [0.5, 0.6) is 0 Å². The first-order valence-electron chi connectivity index (χ1n) is 5.77. The number of thioether (sulfide) groups is 1. The molecule has 0 aliphatic carbocycles. The van der Waals surface area contributed by atoms with Crippen LogP contribution < -0.4 is 0 Å². The summed E-state index contributed by atoms with van der Waals surface area (Å²) in [4.78, 5) is 24.5. The van der Waals surface area contributed by atoms with Gasteiger partial charge in [-0.3, -0.25) is 4.79 Å². The second-order valence-corrected chi connectivity index (χ2v) is 5.33. The van der Waals surface area contributed by atoms with Gasteiger partial charge in [0.15, 0.2) is 5.76 Å². The van der Waals surface area contributed by atoms with Gasteiger partial charge < -0.3 is 14.4 Å². The Kier molecular flexibility index (Phi) is 3.96. The van der Waals surface area contributed by atoms with Gasteiger partial charge in [0.1, 0.15) is 0 Å². The van der Waals surface area contributed by atoms with Crippen LogP contribution in [0.3, 0.4) is 0 Å². The van der Waals surface area contributed by atoms with E-state index in [1.54, 1.807) is 4.90 Å². The zero-order valence-corrected chi connectivity index (χ0v) is 10.9. The first-order chi connectivity index (χ1) is 8.61. The number of amides is 1. The Balaban J connectivity index is 2.01. The Morgan fingerprint density at radius 1 is 1.33 bits per heavy atom. The maximum atomic E-state index is 12.1. The molecule has 1 fully saturated rings. The average Bonchev–Trinajstić information content (AvgIpc) is 2.88. The highest BCUT2D eigenvalue weighted by molar-refractivity contribution is 7.99. The molecule has 1 aromatic rings. The molecule has 98 valence electrons. The van der Waals surface area contributed by atoms with Crippen molar-refractivity contribution in [2.45, 2.75) is 18.1 Å². The number of furan rings is 1. The Morgan fingerprint density at radius 2 is 1.94 bits per heavy atom. The summed E-state index contributed by atoms with van der Waals surface area (Å²) in [5, 5.41) is 9.35. The predicted octanol–water partition coefficient (Wildman–Crippen LogP) is 1.95. The lowest BCUT2D eigenvalue weighted by Crippen LogP contribution is -2.39. The van der Waals surface area contributed by atoms with Gasteiger partial charge in [-0.05, 0) is 31.2 Å². The van der Waals surface area contributed by atoms with Gasteiger partial charge in [-0.25, -0.2) is 4.79 Å². The Bertz CT molecular complexity index is 449. The fourth-order valence-corrected chi connectivity index (χ4v) is 2.70. The molecule has 0 saturated carbocycles. The largest absolute Gasteiger partial charge is 0.475 e. The first-order valence-corrected chi connectivity index (χ1v) is 7.06. The molecule has 1 aliphatic heterocycles. The molecule has 1 amide bonds. The number of carbonyl (C=O) groups is 2. The van der Waals surface area contributed by atoms with Gasteiger partial charge in [0, 0.05) is 18.3 Å². The van der Waals surface area contributed by atoms with Crippen LogP contribution >= 0.6 is 11.8 Å². The maximum absolute atomic E-state index is 12.1. The molecule has 0 bridgehead atoms. The van der Waals surface area contributed by atoms with Gasteiger partial charge in [-0.1, -0.05) is 0 Å².